The van der Waals surface area contributed by atoms with Gasteiger partial charge in [-0.2, -0.15) is 0 Å². The maximum atomic E-state index is 11.4. The van der Waals surface area contributed by atoms with Crippen molar-refractivity contribution in [1.82, 2.24) is 0 Å². The van der Waals surface area contributed by atoms with Crippen LogP contribution in [-0.2, 0) is 9.53 Å². The zero-order valence-corrected chi connectivity index (χ0v) is 10.6. The molecule has 0 aliphatic heterocycles. The molecule has 0 bridgehead atoms. The predicted octanol–water partition coefficient (Wildman–Crippen LogP) is 3.00. The van der Waals surface area contributed by atoms with Crippen LogP contribution in [0.2, 0.25) is 0 Å². The highest BCUT2D eigenvalue weighted by Gasteiger charge is 2.21. The van der Waals surface area contributed by atoms with E-state index in [1.807, 2.05) is 34.6 Å². The Morgan fingerprint density at radius 1 is 1.38 bits per heavy atom. The molecule has 0 aromatic carbocycles. The number of esters is 1. The average molecular weight is 251 g/mol. The van der Waals surface area contributed by atoms with Crippen molar-refractivity contribution in [3.8, 4) is 0 Å². The van der Waals surface area contributed by atoms with Crippen molar-refractivity contribution in [1.29, 1.82) is 0 Å². The van der Waals surface area contributed by atoms with Crippen molar-refractivity contribution in [2.24, 2.45) is 11.8 Å². The molecule has 0 aliphatic carbocycles. The lowest BCUT2D eigenvalue weighted by Crippen LogP contribution is -2.26. The summed E-state index contributed by atoms with van der Waals surface area (Å²) in [5.41, 5.74) is 0. The van der Waals surface area contributed by atoms with Crippen LogP contribution in [0.15, 0.2) is 0 Å². The highest BCUT2D eigenvalue weighted by Crippen LogP contribution is 2.18. The van der Waals surface area contributed by atoms with E-state index in [1.54, 1.807) is 0 Å². The maximum absolute atomic E-state index is 11.4. The summed E-state index contributed by atoms with van der Waals surface area (Å²) in [7, 11) is 0. The van der Waals surface area contributed by atoms with E-state index in [1.165, 1.54) is 0 Å². The van der Waals surface area contributed by atoms with Crippen LogP contribution in [0, 0.1) is 11.8 Å². The summed E-state index contributed by atoms with van der Waals surface area (Å²) in [4.78, 5) is 11.4. The van der Waals surface area contributed by atoms with Gasteiger partial charge >= 0.3 is 5.97 Å². The van der Waals surface area contributed by atoms with E-state index in [4.69, 9.17) is 4.74 Å². The Balaban J connectivity index is 3.89. The Hall–Kier alpha value is -0.0500. The lowest BCUT2D eigenvalue weighted by Gasteiger charge is -2.19. The number of rotatable bonds is 4. The third-order valence-electron chi connectivity index (χ3n) is 1.93. The molecule has 0 N–H and O–H groups in total. The van der Waals surface area contributed by atoms with Crippen LogP contribution in [0.4, 0.5) is 0 Å². The van der Waals surface area contributed by atoms with E-state index in [2.05, 4.69) is 15.9 Å². The summed E-state index contributed by atoms with van der Waals surface area (Å²) >= 11 is 3.42. The van der Waals surface area contributed by atoms with Crippen LogP contribution in [0.25, 0.3) is 0 Å². The van der Waals surface area contributed by atoms with E-state index < -0.39 is 0 Å². The highest BCUT2D eigenvalue weighted by atomic mass is 79.9. The van der Waals surface area contributed by atoms with Crippen LogP contribution >= 0.6 is 15.9 Å². The Labute approximate surface area is 89.2 Å². The van der Waals surface area contributed by atoms with Gasteiger partial charge in [-0.15, -0.1) is 0 Å². The fourth-order valence-corrected chi connectivity index (χ4v) is 0.761. The minimum Gasteiger partial charge on any atom is -0.464 e. The molecule has 0 saturated heterocycles. The first-order valence-electron chi connectivity index (χ1n) is 4.59. The smallest absolute Gasteiger partial charge is 0.308 e. The van der Waals surface area contributed by atoms with Gasteiger partial charge in [-0.25, -0.2) is 0 Å². The predicted molar refractivity (Wildman–Crippen MR) is 58.0 cm³/mol. The van der Waals surface area contributed by atoms with E-state index in [0.29, 0.717) is 12.5 Å². The minimum atomic E-state index is -0.126. The van der Waals surface area contributed by atoms with Crippen molar-refractivity contribution in [2.45, 2.75) is 38.9 Å². The Morgan fingerprint density at radius 3 is 2.15 bits per heavy atom. The van der Waals surface area contributed by atoms with Crippen LogP contribution in [0.1, 0.15) is 34.6 Å². The number of halogens is 1. The summed E-state index contributed by atoms with van der Waals surface area (Å²) in [6, 6.07) is 0. The van der Waals surface area contributed by atoms with Crippen LogP contribution in [0.5, 0.6) is 0 Å². The van der Waals surface area contributed by atoms with Crippen molar-refractivity contribution < 1.29 is 9.53 Å². The first-order chi connectivity index (χ1) is 5.74. The van der Waals surface area contributed by atoms with E-state index >= 15 is 0 Å². The molecule has 1 atom stereocenters. The molecular formula is C10H19BrO2. The molecule has 3 heteroatoms. The fraction of sp³-hybridized carbons (Fsp3) is 0.900. The minimum absolute atomic E-state index is 0.0187. The number of carbonyl (C=O) groups excluding carboxylic acids is 1. The lowest BCUT2D eigenvalue weighted by atomic mass is 9.98. The number of ether oxygens (including phenoxy) is 1. The third kappa shape index (κ3) is 6.08. The molecule has 0 aromatic rings. The Kier molecular flexibility index (Phi) is 4.97. The molecule has 2 nitrogen and oxygen atoms in total. The summed E-state index contributed by atoms with van der Waals surface area (Å²) in [5, 5.41) is 0. The molecular weight excluding hydrogens is 232 g/mol. The monoisotopic (exact) mass is 250 g/mol. The number of hydrogen-bond acceptors (Lipinski definition) is 2. The largest absolute Gasteiger partial charge is 0.464 e. The molecule has 0 rings (SSSR count). The number of alkyl halides is 1. The van der Waals surface area contributed by atoms with Gasteiger partial charge in [0.05, 0.1) is 10.2 Å². The molecule has 0 radical (unpaired) electrons. The normalized spacial score (nSPS) is 14.4. The molecule has 0 heterocycles. The number of hydrogen-bond donors (Lipinski definition) is 0. The first kappa shape index (κ1) is 12.9. The SMILES string of the molecule is CC(C)C(C)C(=O)OCC(C)(C)Br. The Bertz CT molecular complexity index is 170. The average Bonchev–Trinajstić information content (AvgIpc) is 1.97. The molecule has 13 heavy (non-hydrogen) atoms. The van der Waals surface area contributed by atoms with Gasteiger partial charge < -0.3 is 4.74 Å². The van der Waals surface area contributed by atoms with Crippen molar-refractivity contribution in [3.63, 3.8) is 0 Å². The Morgan fingerprint density at radius 2 is 1.85 bits per heavy atom. The molecule has 0 spiro atoms. The topological polar surface area (TPSA) is 26.3 Å². The zero-order chi connectivity index (χ0) is 10.6. The van der Waals surface area contributed by atoms with Crippen LogP contribution in [-0.4, -0.2) is 16.9 Å². The van der Waals surface area contributed by atoms with Gasteiger partial charge in [0, 0.05) is 0 Å². The van der Waals surface area contributed by atoms with E-state index in [0.717, 1.165) is 0 Å². The van der Waals surface area contributed by atoms with Gasteiger partial charge in [-0.3, -0.25) is 4.79 Å². The standard InChI is InChI=1S/C10H19BrO2/c1-7(2)8(3)9(12)13-6-10(4,5)11/h7-8H,6H2,1-5H3. The second-order valence-corrected chi connectivity index (χ2v) is 6.51. The molecule has 0 fully saturated rings. The van der Waals surface area contributed by atoms with Gasteiger partial charge in [0.2, 0.25) is 0 Å². The summed E-state index contributed by atoms with van der Waals surface area (Å²) in [6.45, 7) is 10.3. The maximum Gasteiger partial charge on any atom is 0.308 e. The van der Waals surface area contributed by atoms with Crippen molar-refractivity contribution >= 4 is 21.9 Å². The van der Waals surface area contributed by atoms with Gasteiger partial charge in [0.15, 0.2) is 0 Å². The molecule has 0 amide bonds. The number of carbonyl (C=O) groups is 1. The third-order valence-corrected chi connectivity index (χ3v) is 2.16. The summed E-state index contributed by atoms with van der Waals surface area (Å²) in [5.74, 6) is 0.211. The van der Waals surface area contributed by atoms with Gasteiger partial charge in [-0.05, 0) is 19.8 Å². The summed E-state index contributed by atoms with van der Waals surface area (Å²) < 4.78 is 5.02. The van der Waals surface area contributed by atoms with Crippen molar-refractivity contribution in [3.05, 3.63) is 0 Å². The van der Waals surface area contributed by atoms with E-state index in [9.17, 15) is 4.79 Å². The van der Waals surface area contributed by atoms with Gasteiger partial charge in [0.1, 0.15) is 6.61 Å². The quantitative estimate of drug-likeness (QED) is 0.567. The van der Waals surface area contributed by atoms with Crippen LogP contribution < -0.4 is 0 Å². The van der Waals surface area contributed by atoms with E-state index in [-0.39, 0.29) is 16.2 Å². The molecule has 0 saturated carbocycles. The second kappa shape index (κ2) is 4.99. The highest BCUT2D eigenvalue weighted by molar-refractivity contribution is 9.10. The van der Waals surface area contributed by atoms with Gasteiger partial charge in [-0.1, -0.05) is 36.7 Å². The molecule has 78 valence electrons. The first-order valence-corrected chi connectivity index (χ1v) is 5.39. The van der Waals surface area contributed by atoms with Crippen molar-refractivity contribution in [2.75, 3.05) is 6.61 Å². The molecule has 0 aliphatic rings. The van der Waals surface area contributed by atoms with Gasteiger partial charge in [0.25, 0.3) is 0 Å². The summed E-state index contributed by atoms with van der Waals surface area (Å²) in [6.07, 6.45) is 0. The fourth-order valence-electron chi connectivity index (χ4n) is 0.646. The molecule has 1 unspecified atom stereocenters. The van der Waals surface area contributed by atoms with Crippen LogP contribution in [0.3, 0.4) is 0 Å². The zero-order valence-electron chi connectivity index (χ0n) is 9.06. The molecule has 0 aromatic heterocycles. The second-order valence-electron chi connectivity index (χ2n) is 4.36. The lowest BCUT2D eigenvalue weighted by molar-refractivity contribution is -0.149.